The minimum absolute atomic E-state index is 0.315. The van der Waals surface area contributed by atoms with E-state index in [2.05, 4.69) is 34.1 Å². The summed E-state index contributed by atoms with van der Waals surface area (Å²) >= 11 is 0. The van der Waals surface area contributed by atoms with E-state index in [0.717, 1.165) is 32.8 Å². The fourth-order valence-electron chi connectivity index (χ4n) is 3.50. The number of aromatic amines is 1. The molecule has 0 aliphatic rings. The Labute approximate surface area is 157 Å². The molecule has 27 heavy (non-hydrogen) atoms. The van der Waals surface area contributed by atoms with Crippen LogP contribution in [-0.2, 0) is 11.2 Å². The Morgan fingerprint density at radius 1 is 1.07 bits per heavy atom. The zero-order chi connectivity index (χ0) is 18.8. The van der Waals surface area contributed by atoms with Gasteiger partial charge in [0, 0.05) is 11.9 Å². The molecule has 1 N–H and O–H groups in total. The molecule has 0 spiro atoms. The second-order valence-electron chi connectivity index (χ2n) is 6.36. The molecule has 0 saturated heterocycles. The van der Waals surface area contributed by atoms with Crippen molar-refractivity contribution in [3.05, 3.63) is 88.9 Å². The molecule has 132 valence electrons. The van der Waals surface area contributed by atoms with Gasteiger partial charge in [0.25, 0.3) is 0 Å². The van der Waals surface area contributed by atoms with E-state index in [0.29, 0.717) is 24.4 Å². The minimum atomic E-state index is -0.367. The number of H-pyrrole nitrogens is 1. The van der Waals surface area contributed by atoms with Gasteiger partial charge in [-0.2, -0.15) is 0 Å². The normalized spacial score (nSPS) is 10.8. The van der Waals surface area contributed by atoms with Crippen LogP contribution < -0.4 is 0 Å². The highest BCUT2D eigenvalue weighted by atomic mass is 16.5. The monoisotopic (exact) mass is 354 g/mol. The molecule has 0 aliphatic heterocycles. The van der Waals surface area contributed by atoms with Crippen LogP contribution in [0.3, 0.4) is 0 Å². The fourth-order valence-corrected chi connectivity index (χ4v) is 3.50. The van der Waals surface area contributed by atoms with E-state index in [9.17, 15) is 4.79 Å². The molecule has 0 bridgehead atoms. The number of carbonyl (C=O) groups is 1. The summed E-state index contributed by atoms with van der Waals surface area (Å²) in [5, 5.41) is 3.21. The number of esters is 1. The van der Waals surface area contributed by atoms with Gasteiger partial charge in [-0.3, -0.25) is 0 Å². The molecule has 0 atom stereocenters. The lowest BCUT2D eigenvalue weighted by Gasteiger charge is -2.08. The molecule has 1 aromatic heterocycles. The van der Waals surface area contributed by atoms with Crippen molar-refractivity contribution < 1.29 is 9.53 Å². The molecular weight excluding hydrogens is 336 g/mol. The predicted octanol–water partition coefficient (Wildman–Crippen LogP) is 5.64. The maximum atomic E-state index is 12.5. The van der Waals surface area contributed by atoms with Gasteiger partial charge in [0.2, 0.25) is 0 Å². The largest absolute Gasteiger partial charge is 0.461 e. The van der Waals surface area contributed by atoms with Crippen LogP contribution in [0.5, 0.6) is 0 Å². The summed E-state index contributed by atoms with van der Waals surface area (Å²) in [6.07, 6.45) is 0.580. The number of aromatic nitrogens is 1. The Hall–Kier alpha value is -3.58. The van der Waals surface area contributed by atoms with Gasteiger partial charge in [-0.1, -0.05) is 48.5 Å². The number of fused-ring (bicyclic) bond motifs is 2. The summed E-state index contributed by atoms with van der Waals surface area (Å²) in [7, 11) is 0. The topological polar surface area (TPSA) is 46.5 Å². The van der Waals surface area contributed by atoms with Gasteiger partial charge in [-0.05, 0) is 46.3 Å². The van der Waals surface area contributed by atoms with Crippen LogP contribution in [0, 0.1) is 6.57 Å². The lowest BCUT2D eigenvalue weighted by Crippen LogP contribution is -2.08. The number of benzene rings is 3. The van der Waals surface area contributed by atoms with Gasteiger partial charge < -0.3 is 9.72 Å². The molecule has 0 amide bonds. The average Bonchev–Trinajstić information content (AvgIpc) is 3.06. The predicted molar refractivity (Wildman–Crippen MR) is 107 cm³/mol. The number of rotatable bonds is 4. The van der Waals surface area contributed by atoms with Crippen molar-refractivity contribution in [3.8, 4) is 0 Å². The molecule has 0 fully saturated rings. The van der Waals surface area contributed by atoms with E-state index in [1.165, 1.54) is 0 Å². The molecule has 4 rings (SSSR count). The third-order valence-corrected chi connectivity index (χ3v) is 4.75. The van der Waals surface area contributed by atoms with E-state index in [1.54, 1.807) is 13.0 Å². The summed E-state index contributed by atoms with van der Waals surface area (Å²) in [5.41, 5.74) is 3.84. The van der Waals surface area contributed by atoms with Gasteiger partial charge in [-0.15, -0.1) is 0 Å². The lowest BCUT2D eigenvalue weighted by atomic mass is 9.96. The Bertz CT molecular complexity index is 1190. The molecule has 4 nitrogen and oxygen atoms in total. The number of nitrogens with one attached hydrogen (secondary N) is 1. The summed E-state index contributed by atoms with van der Waals surface area (Å²) in [5.74, 6) is -0.367. The van der Waals surface area contributed by atoms with Crippen molar-refractivity contribution in [1.82, 2.24) is 4.98 Å². The first-order valence-corrected chi connectivity index (χ1v) is 8.87. The summed E-state index contributed by atoms with van der Waals surface area (Å²) in [6.45, 7) is 9.41. The van der Waals surface area contributed by atoms with Gasteiger partial charge >= 0.3 is 5.97 Å². The van der Waals surface area contributed by atoms with Crippen LogP contribution in [0.2, 0.25) is 0 Å². The standard InChI is InChI=1S/C23H18N2O2/c1-3-27-23(26)22-20(19-14-17(24-2)11-12-21(19)25-22)13-16-9-6-8-15-7-4-5-10-18(15)16/h4-12,14,25H,3,13H2,1H3. The van der Waals surface area contributed by atoms with Crippen LogP contribution >= 0.6 is 0 Å². The number of carbonyl (C=O) groups excluding carboxylic acids is 1. The quantitative estimate of drug-likeness (QED) is 0.381. The van der Waals surface area contributed by atoms with Crippen molar-refractivity contribution >= 4 is 33.3 Å². The van der Waals surface area contributed by atoms with Crippen molar-refractivity contribution in [2.75, 3.05) is 6.61 Å². The summed E-state index contributed by atoms with van der Waals surface area (Å²) < 4.78 is 5.25. The molecular formula is C23H18N2O2. The van der Waals surface area contributed by atoms with E-state index in [-0.39, 0.29) is 5.97 Å². The summed E-state index contributed by atoms with van der Waals surface area (Å²) in [6, 6.07) is 19.8. The van der Waals surface area contributed by atoms with Crippen LogP contribution in [-0.4, -0.2) is 17.6 Å². The van der Waals surface area contributed by atoms with Crippen LogP contribution in [0.25, 0.3) is 26.5 Å². The molecule has 0 radical (unpaired) electrons. The third kappa shape index (κ3) is 3.04. The second-order valence-corrected chi connectivity index (χ2v) is 6.36. The number of hydrogen-bond donors (Lipinski definition) is 1. The third-order valence-electron chi connectivity index (χ3n) is 4.75. The smallest absolute Gasteiger partial charge is 0.355 e. The van der Waals surface area contributed by atoms with Crippen molar-refractivity contribution in [1.29, 1.82) is 0 Å². The first kappa shape index (κ1) is 16.9. The second kappa shape index (κ2) is 6.97. The summed E-state index contributed by atoms with van der Waals surface area (Å²) in [4.78, 5) is 19.2. The Kier molecular flexibility index (Phi) is 4.35. The van der Waals surface area contributed by atoms with Crippen molar-refractivity contribution in [2.24, 2.45) is 0 Å². The van der Waals surface area contributed by atoms with Crippen molar-refractivity contribution in [2.45, 2.75) is 13.3 Å². The Balaban J connectivity index is 1.91. The van der Waals surface area contributed by atoms with Crippen molar-refractivity contribution in [3.63, 3.8) is 0 Å². The Morgan fingerprint density at radius 3 is 2.70 bits per heavy atom. The number of ether oxygens (including phenoxy) is 1. The van der Waals surface area contributed by atoms with E-state index in [4.69, 9.17) is 11.3 Å². The van der Waals surface area contributed by atoms with Crippen LogP contribution in [0.1, 0.15) is 28.5 Å². The SMILES string of the molecule is [C-]#[N+]c1ccc2[nH]c(C(=O)OCC)c(Cc3cccc4ccccc34)c2c1. The minimum Gasteiger partial charge on any atom is -0.461 e. The van der Waals surface area contributed by atoms with E-state index in [1.807, 2.05) is 30.3 Å². The number of hydrogen-bond acceptors (Lipinski definition) is 2. The maximum absolute atomic E-state index is 12.5. The molecule has 4 aromatic rings. The molecule has 0 unspecified atom stereocenters. The highest BCUT2D eigenvalue weighted by Crippen LogP contribution is 2.31. The highest BCUT2D eigenvalue weighted by Gasteiger charge is 2.20. The highest BCUT2D eigenvalue weighted by molar-refractivity contribution is 6.00. The molecule has 0 aliphatic carbocycles. The molecule has 1 heterocycles. The van der Waals surface area contributed by atoms with Gasteiger partial charge in [0.1, 0.15) is 5.69 Å². The molecule has 4 heteroatoms. The van der Waals surface area contributed by atoms with Gasteiger partial charge in [0.15, 0.2) is 5.69 Å². The van der Waals surface area contributed by atoms with Crippen LogP contribution in [0.4, 0.5) is 5.69 Å². The molecule has 3 aromatic carbocycles. The number of nitrogens with zero attached hydrogens (tertiary/aromatic N) is 1. The van der Waals surface area contributed by atoms with E-state index < -0.39 is 0 Å². The van der Waals surface area contributed by atoms with E-state index >= 15 is 0 Å². The van der Waals surface area contributed by atoms with Gasteiger partial charge in [0.05, 0.1) is 13.2 Å². The zero-order valence-electron chi connectivity index (χ0n) is 15.0. The van der Waals surface area contributed by atoms with Crippen LogP contribution in [0.15, 0.2) is 60.7 Å². The van der Waals surface area contributed by atoms with Gasteiger partial charge in [-0.25, -0.2) is 9.64 Å². The lowest BCUT2D eigenvalue weighted by molar-refractivity contribution is 0.0519. The first-order valence-electron chi connectivity index (χ1n) is 8.87. The average molecular weight is 354 g/mol. The zero-order valence-corrected chi connectivity index (χ0v) is 15.0. The molecule has 0 saturated carbocycles. The fraction of sp³-hybridized carbons (Fsp3) is 0.130. The maximum Gasteiger partial charge on any atom is 0.355 e. The first-order chi connectivity index (χ1) is 13.2. The Morgan fingerprint density at radius 2 is 1.89 bits per heavy atom.